The third-order valence-corrected chi connectivity index (χ3v) is 5.25. The Bertz CT molecular complexity index is 620. The maximum absolute atomic E-state index is 12.7. The maximum Gasteiger partial charge on any atom is 0.288 e. The van der Waals surface area contributed by atoms with Gasteiger partial charge in [0, 0.05) is 37.4 Å². The number of imidazole rings is 1. The van der Waals surface area contributed by atoms with E-state index in [2.05, 4.69) is 4.57 Å². The molecule has 4 heterocycles. The molecular formula is C18H25N3O2. The summed E-state index contributed by atoms with van der Waals surface area (Å²) in [5, 5.41) is 0. The molecule has 0 unspecified atom stereocenters. The van der Waals surface area contributed by atoms with Crippen molar-refractivity contribution >= 4 is 5.91 Å². The van der Waals surface area contributed by atoms with Crippen LogP contribution in [0.25, 0.3) is 0 Å². The second kappa shape index (κ2) is 6.38. The van der Waals surface area contributed by atoms with Crippen molar-refractivity contribution in [3.8, 4) is 0 Å². The Morgan fingerprint density at radius 3 is 3.04 bits per heavy atom. The lowest BCUT2D eigenvalue weighted by atomic mass is 9.96. The molecule has 0 saturated carbocycles. The van der Waals surface area contributed by atoms with Crippen molar-refractivity contribution in [2.24, 2.45) is 0 Å². The molecule has 1 saturated heterocycles. The van der Waals surface area contributed by atoms with Gasteiger partial charge in [0.25, 0.3) is 5.91 Å². The Balaban J connectivity index is 1.50. The van der Waals surface area contributed by atoms with Gasteiger partial charge in [0.05, 0.1) is 6.61 Å². The van der Waals surface area contributed by atoms with E-state index in [1.807, 2.05) is 17.2 Å². The van der Waals surface area contributed by atoms with E-state index in [4.69, 9.17) is 9.72 Å². The zero-order valence-electron chi connectivity index (χ0n) is 13.7. The first kappa shape index (κ1) is 14.8. The number of ether oxygens (including phenoxy) is 1. The quantitative estimate of drug-likeness (QED) is 0.843. The number of amides is 1. The SMILES string of the molecule is O=C(C1=CCCCO1)N1CCC[C@@H](c2ncc3n2CCCC3)C1. The fourth-order valence-corrected chi connectivity index (χ4v) is 4.02. The van der Waals surface area contributed by atoms with Crippen molar-refractivity contribution < 1.29 is 9.53 Å². The van der Waals surface area contributed by atoms with Gasteiger partial charge < -0.3 is 14.2 Å². The highest BCUT2D eigenvalue weighted by Gasteiger charge is 2.30. The molecule has 1 aromatic heterocycles. The molecule has 0 aliphatic carbocycles. The van der Waals surface area contributed by atoms with Crippen LogP contribution in [0.3, 0.4) is 0 Å². The van der Waals surface area contributed by atoms with Gasteiger partial charge in [0.1, 0.15) is 5.82 Å². The maximum atomic E-state index is 12.7. The molecule has 124 valence electrons. The van der Waals surface area contributed by atoms with Crippen molar-refractivity contribution in [3.63, 3.8) is 0 Å². The summed E-state index contributed by atoms with van der Waals surface area (Å²) in [6.45, 7) is 3.37. The summed E-state index contributed by atoms with van der Waals surface area (Å²) >= 11 is 0. The van der Waals surface area contributed by atoms with Crippen LogP contribution < -0.4 is 0 Å². The van der Waals surface area contributed by atoms with E-state index in [1.165, 1.54) is 24.4 Å². The van der Waals surface area contributed by atoms with E-state index in [9.17, 15) is 4.79 Å². The number of allylic oxidation sites excluding steroid dienone is 1. The molecule has 5 nitrogen and oxygen atoms in total. The van der Waals surface area contributed by atoms with Crippen LogP contribution >= 0.6 is 0 Å². The summed E-state index contributed by atoms with van der Waals surface area (Å²) in [6.07, 6.45) is 11.8. The fourth-order valence-electron chi connectivity index (χ4n) is 4.02. The van der Waals surface area contributed by atoms with Crippen molar-refractivity contribution in [2.45, 2.75) is 57.4 Å². The monoisotopic (exact) mass is 315 g/mol. The molecule has 3 aliphatic heterocycles. The number of carbonyl (C=O) groups excluding carboxylic acids is 1. The predicted octanol–water partition coefficient (Wildman–Crippen LogP) is 2.62. The van der Waals surface area contributed by atoms with Crippen LogP contribution in [-0.4, -0.2) is 40.1 Å². The number of hydrogen-bond acceptors (Lipinski definition) is 3. The average molecular weight is 315 g/mol. The molecular weight excluding hydrogens is 290 g/mol. The van der Waals surface area contributed by atoms with Crippen LogP contribution in [0.5, 0.6) is 0 Å². The van der Waals surface area contributed by atoms with Crippen LogP contribution in [0.15, 0.2) is 18.0 Å². The largest absolute Gasteiger partial charge is 0.488 e. The molecule has 0 radical (unpaired) electrons. The lowest BCUT2D eigenvalue weighted by Crippen LogP contribution is -2.41. The first-order chi connectivity index (χ1) is 11.3. The van der Waals surface area contributed by atoms with Gasteiger partial charge in [-0.1, -0.05) is 0 Å². The molecule has 0 N–H and O–H groups in total. The molecule has 1 atom stereocenters. The molecule has 23 heavy (non-hydrogen) atoms. The summed E-state index contributed by atoms with van der Waals surface area (Å²) < 4.78 is 7.96. The van der Waals surface area contributed by atoms with Gasteiger partial charge in [-0.15, -0.1) is 0 Å². The molecule has 1 aromatic rings. The molecule has 3 aliphatic rings. The van der Waals surface area contributed by atoms with E-state index in [1.54, 1.807) is 0 Å². The highest BCUT2D eigenvalue weighted by molar-refractivity contribution is 5.91. The van der Waals surface area contributed by atoms with Gasteiger partial charge in [-0.2, -0.15) is 0 Å². The van der Waals surface area contributed by atoms with Crippen LogP contribution in [0, 0.1) is 0 Å². The highest BCUT2D eigenvalue weighted by Crippen LogP contribution is 2.30. The summed E-state index contributed by atoms with van der Waals surface area (Å²) in [7, 11) is 0. The average Bonchev–Trinajstić information content (AvgIpc) is 3.06. The lowest BCUT2D eigenvalue weighted by molar-refractivity contribution is -0.132. The van der Waals surface area contributed by atoms with Crippen LogP contribution in [0.4, 0.5) is 0 Å². The Morgan fingerprint density at radius 2 is 2.17 bits per heavy atom. The number of aromatic nitrogens is 2. The van der Waals surface area contributed by atoms with Gasteiger partial charge in [-0.25, -0.2) is 4.98 Å². The number of hydrogen-bond donors (Lipinski definition) is 0. The standard InChI is InChI=1S/C18H25N3O2/c22-18(16-8-2-4-11-23-16)20-9-5-6-14(13-20)17-19-12-15-7-1-3-10-21(15)17/h8,12,14H,1-7,9-11,13H2/t14-/m1/s1. The minimum absolute atomic E-state index is 0.0693. The minimum Gasteiger partial charge on any atom is -0.488 e. The molecule has 1 fully saturated rings. The van der Waals surface area contributed by atoms with E-state index in [-0.39, 0.29) is 5.91 Å². The van der Waals surface area contributed by atoms with Crippen LogP contribution in [-0.2, 0) is 22.5 Å². The van der Waals surface area contributed by atoms with Gasteiger partial charge in [-0.3, -0.25) is 4.79 Å². The van der Waals surface area contributed by atoms with Crippen molar-refractivity contribution in [1.82, 2.24) is 14.5 Å². The topological polar surface area (TPSA) is 47.4 Å². The van der Waals surface area contributed by atoms with E-state index in [0.29, 0.717) is 18.3 Å². The number of likely N-dealkylation sites (tertiary alicyclic amines) is 1. The zero-order chi connectivity index (χ0) is 15.6. The fraction of sp³-hybridized carbons (Fsp3) is 0.667. The third-order valence-electron chi connectivity index (χ3n) is 5.25. The van der Waals surface area contributed by atoms with Gasteiger partial charge in [-0.05, 0) is 51.0 Å². The number of carbonyl (C=O) groups is 1. The summed E-state index contributed by atoms with van der Waals surface area (Å²) in [6, 6.07) is 0. The Morgan fingerprint density at radius 1 is 1.22 bits per heavy atom. The van der Waals surface area contributed by atoms with Crippen LogP contribution in [0.1, 0.15) is 56.0 Å². The molecule has 1 amide bonds. The number of nitrogens with zero attached hydrogens (tertiary/aromatic N) is 3. The second-order valence-electron chi connectivity index (χ2n) is 6.87. The Labute approximate surface area is 137 Å². The van der Waals surface area contributed by atoms with E-state index in [0.717, 1.165) is 51.7 Å². The Hall–Kier alpha value is -1.78. The zero-order valence-corrected chi connectivity index (χ0v) is 13.7. The molecule has 4 rings (SSSR count). The number of piperidine rings is 1. The first-order valence-corrected chi connectivity index (χ1v) is 8.99. The molecule has 0 spiro atoms. The number of aryl methyl sites for hydroxylation is 1. The van der Waals surface area contributed by atoms with Crippen LogP contribution in [0.2, 0.25) is 0 Å². The third kappa shape index (κ3) is 2.89. The summed E-state index contributed by atoms with van der Waals surface area (Å²) in [4.78, 5) is 19.3. The van der Waals surface area contributed by atoms with Crippen molar-refractivity contribution in [1.29, 1.82) is 0 Å². The highest BCUT2D eigenvalue weighted by atomic mass is 16.5. The molecule has 5 heteroatoms. The Kier molecular flexibility index (Phi) is 4.10. The first-order valence-electron chi connectivity index (χ1n) is 8.99. The van der Waals surface area contributed by atoms with Gasteiger partial charge in [0.15, 0.2) is 5.76 Å². The number of rotatable bonds is 2. The normalized spacial score (nSPS) is 24.6. The lowest BCUT2D eigenvalue weighted by Gasteiger charge is -2.34. The van der Waals surface area contributed by atoms with Gasteiger partial charge in [0.2, 0.25) is 0 Å². The smallest absolute Gasteiger partial charge is 0.288 e. The van der Waals surface area contributed by atoms with Crippen molar-refractivity contribution in [2.75, 3.05) is 19.7 Å². The number of fused-ring (bicyclic) bond motifs is 1. The predicted molar refractivity (Wildman–Crippen MR) is 87.0 cm³/mol. The summed E-state index contributed by atoms with van der Waals surface area (Å²) in [5.41, 5.74) is 1.37. The van der Waals surface area contributed by atoms with E-state index >= 15 is 0 Å². The van der Waals surface area contributed by atoms with E-state index < -0.39 is 0 Å². The second-order valence-corrected chi connectivity index (χ2v) is 6.87. The molecule has 0 aromatic carbocycles. The minimum atomic E-state index is 0.0693. The van der Waals surface area contributed by atoms with Crippen molar-refractivity contribution in [3.05, 3.63) is 29.6 Å². The summed E-state index contributed by atoms with van der Waals surface area (Å²) in [5.74, 6) is 2.18. The van der Waals surface area contributed by atoms with Gasteiger partial charge >= 0.3 is 0 Å². The molecule has 0 bridgehead atoms.